The van der Waals surface area contributed by atoms with Gasteiger partial charge in [-0.1, -0.05) is 18.7 Å². The molecular formula is C12H13NO4S. The number of benzene rings is 1. The van der Waals surface area contributed by atoms with Crippen LogP contribution >= 0.6 is 0 Å². The zero-order chi connectivity index (χ0) is 13.5. The van der Waals surface area contributed by atoms with E-state index in [2.05, 4.69) is 11.3 Å². The van der Waals surface area contributed by atoms with Crippen LogP contribution in [0.3, 0.4) is 0 Å². The minimum atomic E-state index is -3.67. The maximum atomic E-state index is 12.3. The molecule has 1 heterocycles. The molecule has 5 nitrogen and oxygen atoms in total. The van der Waals surface area contributed by atoms with Gasteiger partial charge in [0.05, 0.1) is 12.7 Å². The van der Waals surface area contributed by atoms with Crippen LogP contribution in [0.1, 0.15) is 15.9 Å². The van der Waals surface area contributed by atoms with Crippen molar-refractivity contribution in [1.29, 1.82) is 0 Å². The van der Waals surface area contributed by atoms with Crippen molar-refractivity contribution >= 4 is 21.6 Å². The highest BCUT2D eigenvalue weighted by Crippen LogP contribution is 2.33. The topological polar surface area (TPSA) is 63.7 Å². The lowest BCUT2D eigenvalue weighted by molar-refractivity contribution is 0.0596. The molecule has 0 atom stereocenters. The molecule has 96 valence electrons. The molecule has 0 saturated carbocycles. The SMILES string of the molecule is C=C1CN(C)S(=O)(=O)c2c1cccc2C(=O)OC. The van der Waals surface area contributed by atoms with E-state index in [-0.39, 0.29) is 17.0 Å². The molecule has 2 rings (SSSR count). The molecule has 0 amide bonds. The fraction of sp³-hybridized carbons (Fsp3) is 0.250. The van der Waals surface area contributed by atoms with Crippen molar-refractivity contribution in [3.05, 3.63) is 35.9 Å². The average molecular weight is 267 g/mol. The Morgan fingerprint density at radius 1 is 1.44 bits per heavy atom. The standard InChI is InChI=1S/C12H13NO4S/c1-8-7-13(2)18(15,16)11-9(8)5-4-6-10(11)12(14)17-3/h4-6H,1,7H2,2-3H3. The summed E-state index contributed by atoms with van der Waals surface area (Å²) in [4.78, 5) is 11.6. The summed E-state index contributed by atoms with van der Waals surface area (Å²) in [5.41, 5.74) is 1.19. The van der Waals surface area contributed by atoms with E-state index in [4.69, 9.17) is 0 Å². The van der Waals surface area contributed by atoms with E-state index in [1.165, 1.54) is 24.5 Å². The maximum absolute atomic E-state index is 12.3. The second-order valence-electron chi connectivity index (χ2n) is 4.04. The zero-order valence-electron chi connectivity index (χ0n) is 10.1. The lowest BCUT2D eigenvalue weighted by Gasteiger charge is -2.27. The highest BCUT2D eigenvalue weighted by molar-refractivity contribution is 7.89. The molecule has 6 heteroatoms. The van der Waals surface area contributed by atoms with Gasteiger partial charge in [0.15, 0.2) is 0 Å². The highest BCUT2D eigenvalue weighted by atomic mass is 32.2. The molecule has 0 spiro atoms. The molecule has 1 aliphatic heterocycles. The van der Waals surface area contributed by atoms with E-state index in [0.717, 1.165) is 0 Å². The van der Waals surface area contributed by atoms with E-state index in [0.29, 0.717) is 11.1 Å². The molecular weight excluding hydrogens is 254 g/mol. The first-order valence-electron chi connectivity index (χ1n) is 5.25. The van der Waals surface area contributed by atoms with Crippen LogP contribution in [0.15, 0.2) is 29.7 Å². The molecule has 0 fully saturated rings. The number of nitrogens with zero attached hydrogens (tertiary/aromatic N) is 1. The van der Waals surface area contributed by atoms with Gasteiger partial charge in [0.1, 0.15) is 4.90 Å². The Morgan fingerprint density at radius 2 is 2.11 bits per heavy atom. The minimum Gasteiger partial charge on any atom is -0.465 e. The van der Waals surface area contributed by atoms with Crippen LogP contribution in [-0.4, -0.2) is 39.4 Å². The van der Waals surface area contributed by atoms with Gasteiger partial charge in [0.2, 0.25) is 10.0 Å². The summed E-state index contributed by atoms with van der Waals surface area (Å²) in [6.45, 7) is 4.06. The third kappa shape index (κ3) is 1.74. The van der Waals surface area contributed by atoms with Gasteiger partial charge in [-0.3, -0.25) is 0 Å². The summed E-state index contributed by atoms with van der Waals surface area (Å²) in [5.74, 6) is -0.668. The first-order valence-corrected chi connectivity index (χ1v) is 6.69. The van der Waals surface area contributed by atoms with Crippen molar-refractivity contribution in [3.63, 3.8) is 0 Å². The van der Waals surface area contributed by atoms with Crippen LogP contribution in [0.2, 0.25) is 0 Å². The Morgan fingerprint density at radius 3 is 2.72 bits per heavy atom. The first kappa shape index (κ1) is 12.8. The van der Waals surface area contributed by atoms with Crippen LogP contribution in [0.25, 0.3) is 5.57 Å². The van der Waals surface area contributed by atoms with E-state index in [1.54, 1.807) is 12.1 Å². The van der Waals surface area contributed by atoms with Crippen molar-refractivity contribution in [1.82, 2.24) is 4.31 Å². The molecule has 1 aliphatic rings. The Labute approximate surface area is 106 Å². The average Bonchev–Trinajstić information content (AvgIpc) is 2.35. The molecule has 0 aromatic heterocycles. The van der Waals surface area contributed by atoms with Crippen LogP contribution in [-0.2, 0) is 14.8 Å². The number of rotatable bonds is 1. The van der Waals surface area contributed by atoms with Gasteiger partial charge in [-0.2, -0.15) is 4.31 Å². The fourth-order valence-corrected chi connectivity index (χ4v) is 3.52. The Hall–Kier alpha value is -1.66. The normalized spacial score (nSPS) is 18.2. The van der Waals surface area contributed by atoms with Crippen molar-refractivity contribution in [3.8, 4) is 0 Å². The Balaban J connectivity index is 2.81. The zero-order valence-corrected chi connectivity index (χ0v) is 11.0. The highest BCUT2D eigenvalue weighted by Gasteiger charge is 2.34. The summed E-state index contributed by atoms with van der Waals surface area (Å²) in [7, 11) is -0.994. The summed E-state index contributed by atoms with van der Waals surface area (Å²) >= 11 is 0. The van der Waals surface area contributed by atoms with Gasteiger partial charge in [0, 0.05) is 13.6 Å². The van der Waals surface area contributed by atoms with Crippen molar-refractivity contribution in [2.24, 2.45) is 0 Å². The monoisotopic (exact) mass is 267 g/mol. The number of hydrogen-bond acceptors (Lipinski definition) is 4. The maximum Gasteiger partial charge on any atom is 0.339 e. The fourth-order valence-electron chi connectivity index (χ4n) is 1.96. The number of sulfonamides is 1. The quantitative estimate of drug-likeness (QED) is 0.715. The molecule has 0 N–H and O–H groups in total. The predicted octanol–water partition coefficient (Wildman–Crippen LogP) is 1.12. The second-order valence-corrected chi connectivity index (χ2v) is 6.02. The Bertz CT molecular complexity index is 633. The molecule has 1 aromatic rings. The number of carbonyl (C=O) groups is 1. The van der Waals surface area contributed by atoms with Crippen LogP contribution in [0, 0.1) is 0 Å². The molecule has 18 heavy (non-hydrogen) atoms. The number of methoxy groups -OCH3 is 1. The first-order chi connectivity index (χ1) is 8.39. The molecule has 0 radical (unpaired) electrons. The number of ether oxygens (including phenoxy) is 1. The predicted molar refractivity (Wildman–Crippen MR) is 66.6 cm³/mol. The van der Waals surface area contributed by atoms with Gasteiger partial charge < -0.3 is 4.74 Å². The smallest absolute Gasteiger partial charge is 0.339 e. The van der Waals surface area contributed by atoms with Crippen LogP contribution in [0.4, 0.5) is 0 Å². The third-order valence-electron chi connectivity index (χ3n) is 2.88. The van der Waals surface area contributed by atoms with Crippen LogP contribution in [0.5, 0.6) is 0 Å². The largest absolute Gasteiger partial charge is 0.465 e. The Kier molecular flexibility index (Phi) is 3.00. The van der Waals surface area contributed by atoms with E-state index in [1.807, 2.05) is 0 Å². The molecule has 0 unspecified atom stereocenters. The van der Waals surface area contributed by atoms with Gasteiger partial charge in [0.25, 0.3) is 0 Å². The molecule has 0 bridgehead atoms. The van der Waals surface area contributed by atoms with Gasteiger partial charge in [-0.15, -0.1) is 0 Å². The van der Waals surface area contributed by atoms with Crippen molar-refractivity contribution < 1.29 is 17.9 Å². The lowest BCUT2D eigenvalue weighted by Crippen LogP contribution is -2.34. The van der Waals surface area contributed by atoms with E-state index in [9.17, 15) is 13.2 Å². The summed E-state index contributed by atoms with van der Waals surface area (Å²) in [5, 5.41) is 0. The number of carbonyl (C=O) groups excluding carboxylic acids is 1. The molecule has 1 aromatic carbocycles. The van der Waals surface area contributed by atoms with Gasteiger partial charge in [-0.05, 0) is 17.2 Å². The van der Waals surface area contributed by atoms with Gasteiger partial charge >= 0.3 is 5.97 Å². The number of fused-ring (bicyclic) bond motifs is 1. The van der Waals surface area contributed by atoms with E-state index >= 15 is 0 Å². The second kappa shape index (κ2) is 4.22. The lowest BCUT2D eigenvalue weighted by atomic mass is 10.0. The number of hydrogen-bond donors (Lipinski definition) is 0. The van der Waals surface area contributed by atoms with Crippen molar-refractivity contribution in [2.75, 3.05) is 20.7 Å². The van der Waals surface area contributed by atoms with Crippen LogP contribution < -0.4 is 0 Å². The molecule has 0 aliphatic carbocycles. The van der Waals surface area contributed by atoms with Gasteiger partial charge in [-0.25, -0.2) is 13.2 Å². The number of likely N-dealkylation sites (N-methyl/N-ethyl adjacent to an activating group) is 1. The minimum absolute atomic E-state index is 0.0180. The van der Waals surface area contributed by atoms with Crippen molar-refractivity contribution in [2.45, 2.75) is 4.90 Å². The van der Waals surface area contributed by atoms with E-state index < -0.39 is 16.0 Å². The number of esters is 1. The molecule has 0 saturated heterocycles. The summed E-state index contributed by atoms with van der Waals surface area (Å²) in [6, 6.07) is 4.71. The summed E-state index contributed by atoms with van der Waals surface area (Å²) < 4.78 is 30.3. The third-order valence-corrected chi connectivity index (χ3v) is 4.79. The summed E-state index contributed by atoms with van der Waals surface area (Å²) in [6.07, 6.45) is 0.